The van der Waals surface area contributed by atoms with Crippen LogP contribution in [0.4, 0.5) is 0 Å². The highest BCUT2D eigenvalue weighted by atomic mass is 32.2. The summed E-state index contributed by atoms with van der Waals surface area (Å²) in [5, 5.41) is 3.08. The van der Waals surface area contributed by atoms with Gasteiger partial charge in [0.05, 0.1) is 5.75 Å². The first-order valence-corrected chi connectivity index (χ1v) is 8.31. The zero-order valence-electron chi connectivity index (χ0n) is 8.95. The van der Waals surface area contributed by atoms with Gasteiger partial charge in [-0.1, -0.05) is 0 Å². The Labute approximate surface area is 88.8 Å². The third-order valence-electron chi connectivity index (χ3n) is 1.65. The van der Waals surface area contributed by atoms with Crippen LogP contribution in [0.5, 0.6) is 0 Å². The molecule has 0 aromatic rings. The molecule has 0 aromatic heterocycles. The lowest BCUT2D eigenvalue weighted by Gasteiger charge is -2.11. The highest BCUT2D eigenvalue weighted by Crippen LogP contribution is 1.90. The predicted molar refractivity (Wildman–Crippen MR) is 60.7 cm³/mol. The van der Waals surface area contributed by atoms with E-state index in [-0.39, 0.29) is 11.8 Å². The fourth-order valence-corrected chi connectivity index (χ4v) is 2.71. The second kappa shape index (κ2) is 6.53. The zero-order chi connectivity index (χ0) is 11.2. The third kappa shape index (κ3) is 10.1. The Morgan fingerprint density at radius 2 is 2.00 bits per heavy atom. The van der Waals surface area contributed by atoms with Crippen molar-refractivity contribution in [3.63, 3.8) is 0 Å². The fraction of sp³-hybridized carbons (Fsp3) is 1.00. The molecular weight excluding hydrogens is 222 g/mol. The van der Waals surface area contributed by atoms with Crippen molar-refractivity contribution in [1.82, 2.24) is 5.32 Å². The maximum atomic E-state index is 10.9. The van der Waals surface area contributed by atoms with E-state index in [2.05, 4.69) is 5.32 Å². The van der Waals surface area contributed by atoms with Crippen LogP contribution >= 0.6 is 0 Å². The van der Waals surface area contributed by atoms with Gasteiger partial charge in [-0.25, -0.2) is 8.42 Å². The van der Waals surface area contributed by atoms with E-state index in [0.717, 1.165) is 13.0 Å². The van der Waals surface area contributed by atoms with Crippen LogP contribution in [0.1, 0.15) is 13.3 Å². The first kappa shape index (κ1) is 14.1. The molecule has 0 heterocycles. The molecule has 0 radical (unpaired) electrons. The van der Waals surface area contributed by atoms with Crippen molar-refractivity contribution in [2.75, 3.05) is 30.6 Å². The van der Waals surface area contributed by atoms with Crippen molar-refractivity contribution < 1.29 is 12.6 Å². The molecule has 0 spiro atoms. The van der Waals surface area contributed by atoms with Gasteiger partial charge in [0.25, 0.3) is 0 Å². The van der Waals surface area contributed by atoms with Gasteiger partial charge < -0.3 is 5.32 Å². The summed E-state index contributed by atoms with van der Waals surface area (Å²) in [6.07, 6.45) is 3.71. The smallest absolute Gasteiger partial charge is 0.148 e. The van der Waals surface area contributed by atoms with Crippen molar-refractivity contribution >= 4 is 20.6 Å². The van der Waals surface area contributed by atoms with Gasteiger partial charge in [0, 0.05) is 35.1 Å². The molecule has 2 unspecified atom stereocenters. The molecule has 0 rings (SSSR count). The molecule has 14 heavy (non-hydrogen) atoms. The summed E-state index contributed by atoms with van der Waals surface area (Å²) in [7, 11) is -3.66. The summed E-state index contributed by atoms with van der Waals surface area (Å²) in [5.74, 6) is 0.820. The molecule has 0 saturated carbocycles. The maximum absolute atomic E-state index is 10.9. The molecule has 1 N–H and O–H groups in total. The number of nitrogens with one attached hydrogen (secondary N) is 1. The summed E-state index contributed by atoms with van der Waals surface area (Å²) < 4.78 is 32.5. The topological polar surface area (TPSA) is 63.2 Å². The standard InChI is InChI=1S/C8H19NO3S2/c1-8(7-14(3,11)12)9-5-4-6-13(2)10/h8-9H,4-7H2,1-3H3. The van der Waals surface area contributed by atoms with E-state index in [4.69, 9.17) is 0 Å². The molecule has 0 aromatic carbocycles. The van der Waals surface area contributed by atoms with E-state index in [9.17, 15) is 12.6 Å². The lowest BCUT2D eigenvalue weighted by atomic mass is 10.3. The quantitative estimate of drug-likeness (QED) is 0.626. The van der Waals surface area contributed by atoms with E-state index < -0.39 is 20.6 Å². The van der Waals surface area contributed by atoms with E-state index in [1.165, 1.54) is 6.26 Å². The SMILES string of the molecule is CC(CS(C)(=O)=O)NCCCS(C)=O. The fourth-order valence-electron chi connectivity index (χ4n) is 1.14. The molecule has 0 aliphatic heterocycles. The molecule has 0 amide bonds. The molecule has 0 saturated heterocycles. The Balaban J connectivity index is 3.55. The molecular formula is C8H19NO3S2. The summed E-state index contributed by atoms with van der Waals surface area (Å²) >= 11 is 0. The Morgan fingerprint density at radius 1 is 1.43 bits per heavy atom. The van der Waals surface area contributed by atoms with Crippen LogP contribution < -0.4 is 5.32 Å². The summed E-state index contributed by atoms with van der Waals surface area (Å²) in [6, 6.07) is -0.0321. The Hall–Kier alpha value is 0.0600. The second-order valence-electron chi connectivity index (χ2n) is 3.58. The predicted octanol–water partition coefficient (Wildman–Crippen LogP) is -0.222. The molecule has 0 fully saturated rings. The molecule has 0 aliphatic rings. The molecule has 0 aliphatic carbocycles. The molecule has 6 heteroatoms. The minimum Gasteiger partial charge on any atom is -0.313 e. The van der Waals surface area contributed by atoms with Crippen molar-refractivity contribution in [1.29, 1.82) is 0 Å². The number of sulfone groups is 1. The lowest BCUT2D eigenvalue weighted by Crippen LogP contribution is -2.33. The van der Waals surface area contributed by atoms with Gasteiger partial charge in [-0.3, -0.25) is 4.21 Å². The van der Waals surface area contributed by atoms with Gasteiger partial charge >= 0.3 is 0 Å². The average molecular weight is 241 g/mol. The minimum absolute atomic E-state index is 0.0321. The molecule has 0 bridgehead atoms. The first-order chi connectivity index (χ1) is 6.31. The van der Waals surface area contributed by atoms with Gasteiger partial charge in [0.2, 0.25) is 0 Å². The van der Waals surface area contributed by atoms with Crippen LogP contribution in [0.2, 0.25) is 0 Å². The van der Waals surface area contributed by atoms with Crippen molar-refractivity contribution in [3.8, 4) is 0 Å². The Kier molecular flexibility index (Phi) is 6.55. The van der Waals surface area contributed by atoms with Gasteiger partial charge in [-0.2, -0.15) is 0 Å². The van der Waals surface area contributed by atoms with Crippen LogP contribution in [-0.4, -0.2) is 49.2 Å². The van der Waals surface area contributed by atoms with Gasteiger partial charge in [0.15, 0.2) is 0 Å². The summed E-state index contributed by atoms with van der Waals surface area (Å²) in [6.45, 7) is 2.56. The lowest BCUT2D eigenvalue weighted by molar-refractivity contribution is 0.558. The second-order valence-corrected chi connectivity index (χ2v) is 7.32. The minimum atomic E-state index is -2.90. The van der Waals surface area contributed by atoms with Crippen LogP contribution in [0.3, 0.4) is 0 Å². The monoisotopic (exact) mass is 241 g/mol. The molecule has 2 atom stereocenters. The summed E-state index contributed by atoms with van der Waals surface area (Å²) in [5.41, 5.74) is 0. The number of hydrogen-bond donors (Lipinski definition) is 1. The number of rotatable bonds is 7. The van der Waals surface area contributed by atoms with Gasteiger partial charge in [-0.15, -0.1) is 0 Å². The van der Waals surface area contributed by atoms with Crippen molar-refractivity contribution in [3.05, 3.63) is 0 Å². The Morgan fingerprint density at radius 3 is 2.43 bits per heavy atom. The summed E-state index contributed by atoms with van der Waals surface area (Å²) in [4.78, 5) is 0. The van der Waals surface area contributed by atoms with E-state index in [1.807, 2.05) is 6.92 Å². The van der Waals surface area contributed by atoms with E-state index in [0.29, 0.717) is 5.75 Å². The average Bonchev–Trinajstić information content (AvgIpc) is 1.94. The first-order valence-electron chi connectivity index (χ1n) is 4.52. The van der Waals surface area contributed by atoms with Gasteiger partial charge in [0.1, 0.15) is 9.84 Å². The van der Waals surface area contributed by atoms with E-state index >= 15 is 0 Å². The highest BCUT2D eigenvalue weighted by molar-refractivity contribution is 7.90. The zero-order valence-corrected chi connectivity index (χ0v) is 10.6. The molecule has 4 nitrogen and oxygen atoms in total. The van der Waals surface area contributed by atoms with Crippen LogP contribution in [0, 0.1) is 0 Å². The molecule has 86 valence electrons. The highest BCUT2D eigenvalue weighted by Gasteiger charge is 2.08. The van der Waals surface area contributed by atoms with Crippen LogP contribution in [-0.2, 0) is 20.6 Å². The largest absolute Gasteiger partial charge is 0.313 e. The number of hydrogen-bond acceptors (Lipinski definition) is 4. The Bertz CT molecular complexity index is 274. The van der Waals surface area contributed by atoms with Crippen LogP contribution in [0.15, 0.2) is 0 Å². The maximum Gasteiger partial charge on any atom is 0.148 e. The third-order valence-corrected chi connectivity index (χ3v) is 3.62. The van der Waals surface area contributed by atoms with Crippen molar-refractivity contribution in [2.24, 2.45) is 0 Å². The van der Waals surface area contributed by atoms with Crippen molar-refractivity contribution in [2.45, 2.75) is 19.4 Å². The van der Waals surface area contributed by atoms with E-state index in [1.54, 1.807) is 6.26 Å². The van der Waals surface area contributed by atoms with Crippen LogP contribution in [0.25, 0.3) is 0 Å². The normalized spacial score (nSPS) is 16.5. The van der Waals surface area contributed by atoms with Gasteiger partial charge in [-0.05, 0) is 19.9 Å².